The number of rotatable bonds is 6. The Balaban J connectivity index is 1.74. The van der Waals surface area contributed by atoms with E-state index in [4.69, 9.17) is 0 Å². The van der Waals surface area contributed by atoms with Crippen LogP contribution in [0.1, 0.15) is 18.9 Å². The molecule has 2 heterocycles. The molecule has 1 aromatic carbocycles. The normalized spacial score (nSPS) is 12.1. The van der Waals surface area contributed by atoms with E-state index in [0.717, 1.165) is 28.1 Å². The number of hydrogen-bond donors (Lipinski definition) is 1. The first-order valence-corrected chi connectivity index (χ1v) is 9.54. The first-order chi connectivity index (χ1) is 12.1. The molecule has 1 N–H and O–H groups in total. The molecule has 3 aromatic rings. The Morgan fingerprint density at radius 2 is 2.00 bits per heavy atom. The Hall–Kier alpha value is -2.26. The molecular formula is C16H18N6OS2. The molecule has 0 radical (unpaired) electrons. The molecule has 0 bridgehead atoms. The van der Waals surface area contributed by atoms with Crippen LogP contribution in [0.3, 0.4) is 0 Å². The van der Waals surface area contributed by atoms with E-state index in [9.17, 15) is 4.79 Å². The van der Waals surface area contributed by atoms with Gasteiger partial charge in [0.05, 0.1) is 5.25 Å². The van der Waals surface area contributed by atoms with Crippen molar-refractivity contribution in [3.63, 3.8) is 0 Å². The molecule has 0 unspecified atom stereocenters. The fourth-order valence-electron chi connectivity index (χ4n) is 2.23. The highest BCUT2D eigenvalue weighted by atomic mass is 32.2. The second-order valence-electron chi connectivity index (χ2n) is 5.29. The summed E-state index contributed by atoms with van der Waals surface area (Å²) in [7, 11) is 0. The van der Waals surface area contributed by atoms with Gasteiger partial charge < -0.3 is 4.57 Å². The van der Waals surface area contributed by atoms with Crippen molar-refractivity contribution < 1.29 is 4.79 Å². The zero-order valence-corrected chi connectivity index (χ0v) is 15.8. The molecule has 1 atom stereocenters. The number of aromatic nitrogens is 5. The average Bonchev–Trinajstić information content (AvgIpc) is 3.21. The lowest BCUT2D eigenvalue weighted by molar-refractivity contribution is -0.115. The van der Waals surface area contributed by atoms with Gasteiger partial charge in [-0.25, -0.2) is 0 Å². The van der Waals surface area contributed by atoms with E-state index in [2.05, 4.69) is 25.7 Å². The zero-order valence-electron chi connectivity index (χ0n) is 14.1. The number of thioether (sulfide) groups is 1. The van der Waals surface area contributed by atoms with E-state index in [1.54, 1.807) is 0 Å². The van der Waals surface area contributed by atoms with Gasteiger partial charge in [0.25, 0.3) is 0 Å². The van der Waals surface area contributed by atoms with Crippen LogP contribution < -0.4 is 5.32 Å². The van der Waals surface area contributed by atoms with Crippen molar-refractivity contribution in [1.82, 2.24) is 25.0 Å². The van der Waals surface area contributed by atoms with Gasteiger partial charge in [-0.05, 0) is 20.8 Å². The van der Waals surface area contributed by atoms with Crippen molar-refractivity contribution in [2.45, 2.75) is 37.7 Å². The number of carbonyl (C=O) groups excluding carboxylic acids is 1. The van der Waals surface area contributed by atoms with Crippen molar-refractivity contribution in [1.29, 1.82) is 0 Å². The smallest absolute Gasteiger partial charge is 0.239 e. The van der Waals surface area contributed by atoms with Crippen LogP contribution in [0.2, 0.25) is 0 Å². The van der Waals surface area contributed by atoms with Crippen LogP contribution in [-0.4, -0.2) is 36.1 Å². The van der Waals surface area contributed by atoms with Crippen LogP contribution in [0.25, 0.3) is 11.4 Å². The van der Waals surface area contributed by atoms with Crippen LogP contribution in [0, 0.1) is 6.92 Å². The quantitative estimate of drug-likeness (QED) is 0.667. The van der Waals surface area contributed by atoms with Gasteiger partial charge in [0.2, 0.25) is 11.0 Å². The maximum absolute atomic E-state index is 12.4. The van der Waals surface area contributed by atoms with Gasteiger partial charge in [0.15, 0.2) is 11.0 Å². The number of aryl methyl sites for hydroxylation is 1. The molecule has 3 rings (SSSR count). The highest BCUT2D eigenvalue weighted by molar-refractivity contribution is 8.00. The summed E-state index contributed by atoms with van der Waals surface area (Å²) in [5, 5.41) is 20.9. The highest BCUT2D eigenvalue weighted by Gasteiger charge is 2.21. The molecule has 25 heavy (non-hydrogen) atoms. The Labute approximate surface area is 153 Å². The van der Waals surface area contributed by atoms with Crippen molar-refractivity contribution >= 4 is 34.1 Å². The second kappa shape index (κ2) is 7.75. The zero-order chi connectivity index (χ0) is 17.8. The molecule has 0 spiro atoms. The Morgan fingerprint density at radius 3 is 2.64 bits per heavy atom. The fourth-order valence-corrected chi connectivity index (χ4v) is 3.74. The lowest BCUT2D eigenvalue weighted by Gasteiger charge is -2.11. The summed E-state index contributed by atoms with van der Waals surface area (Å²) in [4.78, 5) is 12.4. The maximum Gasteiger partial charge on any atom is 0.239 e. The largest absolute Gasteiger partial charge is 0.302 e. The van der Waals surface area contributed by atoms with E-state index < -0.39 is 0 Å². The summed E-state index contributed by atoms with van der Waals surface area (Å²) in [5.74, 6) is 0.672. The van der Waals surface area contributed by atoms with Gasteiger partial charge in [-0.15, -0.1) is 20.4 Å². The first-order valence-electron chi connectivity index (χ1n) is 7.84. The molecule has 0 aliphatic heterocycles. The van der Waals surface area contributed by atoms with Crippen LogP contribution in [0.5, 0.6) is 0 Å². The Bertz CT molecular complexity index is 861. The lowest BCUT2D eigenvalue weighted by atomic mass is 10.2. The topological polar surface area (TPSA) is 85.6 Å². The standard InChI is InChI=1S/C16H18N6OS2/c1-4-22-13(12-8-6-5-7-9-12)19-21-16(22)24-10(2)14(23)17-15-20-18-11(3)25-15/h5-10H,4H2,1-3H3,(H,17,20,23)/t10-/m1/s1. The lowest BCUT2D eigenvalue weighted by Crippen LogP contribution is -2.22. The van der Waals surface area contributed by atoms with E-state index in [-0.39, 0.29) is 11.2 Å². The number of nitrogens with zero attached hydrogens (tertiary/aromatic N) is 5. The molecule has 0 saturated carbocycles. The highest BCUT2D eigenvalue weighted by Crippen LogP contribution is 2.27. The van der Waals surface area contributed by atoms with Crippen molar-refractivity contribution in [2.75, 3.05) is 5.32 Å². The third-order valence-electron chi connectivity index (χ3n) is 3.47. The Morgan fingerprint density at radius 1 is 1.24 bits per heavy atom. The number of nitrogens with one attached hydrogen (secondary N) is 1. The number of amides is 1. The molecule has 2 aromatic heterocycles. The van der Waals surface area contributed by atoms with E-state index >= 15 is 0 Å². The summed E-state index contributed by atoms with van der Waals surface area (Å²) >= 11 is 2.73. The number of carbonyl (C=O) groups is 1. The SMILES string of the molecule is CCn1c(S[C@H](C)C(=O)Nc2nnc(C)s2)nnc1-c1ccccc1. The Kier molecular flexibility index (Phi) is 5.44. The first kappa shape index (κ1) is 17.6. The predicted octanol–water partition coefficient (Wildman–Crippen LogP) is 3.24. The van der Waals surface area contributed by atoms with Gasteiger partial charge in [-0.1, -0.05) is 53.4 Å². The minimum absolute atomic E-state index is 0.131. The number of benzene rings is 1. The minimum atomic E-state index is -0.331. The summed E-state index contributed by atoms with van der Waals surface area (Å²) in [6, 6.07) is 9.90. The van der Waals surface area contributed by atoms with Crippen LogP contribution in [-0.2, 0) is 11.3 Å². The van der Waals surface area contributed by atoms with Crippen LogP contribution >= 0.6 is 23.1 Å². The third kappa shape index (κ3) is 4.05. The molecule has 9 heteroatoms. The molecule has 0 fully saturated rings. The third-order valence-corrected chi connectivity index (χ3v) is 5.31. The van der Waals surface area contributed by atoms with Gasteiger partial charge in [0.1, 0.15) is 5.01 Å². The maximum atomic E-state index is 12.4. The van der Waals surface area contributed by atoms with Gasteiger partial charge in [0, 0.05) is 12.1 Å². The van der Waals surface area contributed by atoms with Crippen LogP contribution in [0.15, 0.2) is 35.5 Å². The molecule has 130 valence electrons. The molecular weight excluding hydrogens is 356 g/mol. The van der Waals surface area contributed by atoms with Crippen molar-refractivity contribution in [3.05, 3.63) is 35.3 Å². The second-order valence-corrected chi connectivity index (χ2v) is 7.78. The van der Waals surface area contributed by atoms with Crippen molar-refractivity contribution in [3.8, 4) is 11.4 Å². The van der Waals surface area contributed by atoms with Gasteiger partial charge in [-0.3, -0.25) is 10.1 Å². The van der Waals surface area contributed by atoms with E-state index in [1.807, 2.05) is 55.7 Å². The molecule has 0 aliphatic carbocycles. The average molecular weight is 374 g/mol. The van der Waals surface area contributed by atoms with Crippen LogP contribution in [0.4, 0.5) is 5.13 Å². The van der Waals surface area contributed by atoms with Gasteiger partial charge in [-0.2, -0.15) is 0 Å². The number of hydrogen-bond acceptors (Lipinski definition) is 7. The van der Waals surface area contributed by atoms with E-state index in [0.29, 0.717) is 5.13 Å². The molecule has 0 aliphatic rings. The summed E-state index contributed by atoms with van der Waals surface area (Å²) in [6.07, 6.45) is 0. The minimum Gasteiger partial charge on any atom is -0.302 e. The monoisotopic (exact) mass is 374 g/mol. The molecule has 0 saturated heterocycles. The van der Waals surface area contributed by atoms with E-state index in [1.165, 1.54) is 23.1 Å². The fraction of sp³-hybridized carbons (Fsp3) is 0.312. The summed E-state index contributed by atoms with van der Waals surface area (Å²) < 4.78 is 2.01. The van der Waals surface area contributed by atoms with Crippen molar-refractivity contribution in [2.24, 2.45) is 0 Å². The number of anilines is 1. The van der Waals surface area contributed by atoms with Gasteiger partial charge >= 0.3 is 0 Å². The summed E-state index contributed by atoms with van der Waals surface area (Å²) in [5.41, 5.74) is 1.00. The molecule has 7 nitrogen and oxygen atoms in total. The molecule has 1 amide bonds. The summed E-state index contributed by atoms with van der Waals surface area (Å²) in [6.45, 7) is 6.45. The predicted molar refractivity (Wildman–Crippen MR) is 99.7 cm³/mol.